The Hall–Kier alpha value is -1.81. The summed E-state index contributed by atoms with van der Waals surface area (Å²) in [4.78, 5) is 15.9. The molecule has 0 spiro atoms. The van der Waals surface area contributed by atoms with Crippen molar-refractivity contribution in [2.24, 2.45) is 0 Å². The lowest BCUT2D eigenvalue weighted by molar-refractivity contribution is 0.103. The smallest absolute Gasteiger partial charge is 0.265 e. The summed E-state index contributed by atoms with van der Waals surface area (Å²) in [5.41, 5.74) is -0.141. The van der Waals surface area contributed by atoms with E-state index < -0.39 is 12.2 Å². The zero-order valence-electron chi connectivity index (χ0n) is 9.11. The number of benzene rings is 1. The van der Waals surface area contributed by atoms with Gasteiger partial charge < -0.3 is 0 Å². The fourth-order valence-corrected chi connectivity index (χ4v) is 1.82. The van der Waals surface area contributed by atoms with Gasteiger partial charge in [-0.1, -0.05) is 29.8 Å². The minimum absolute atomic E-state index is 0.0353. The van der Waals surface area contributed by atoms with E-state index >= 15 is 0 Å². The van der Waals surface area contributed by atoms with Crippen LogP contribution in [0.3, 0.4) is 0 Å². The van der Waals surface area contributed by atoms with Crippen LogP contribution in [-0.2, 0) is 0 Å². The molecule has 1 aromatic heterocycles. The standard InChI is InChI=1S/C13H8ClF2NO/c14-11-8(4-3-5-9(11)13(15)16)12(18)10-6-1-2-7-17-10/h1-7,13H. The van der Waals surface area contributed by atoms with Crippen LogP contribution in [0, 0.1) is 0 Å². The molecule has 0 aliphatic rings. The number of alkyl halides is 2. The highest BCUT2D eigenvalue weighted by atomic mass is 35.5. The lowest BCUT2D eigenvalue weighted by atomic mass is 10.0. The number of nitrogens with zero attached hydrogens (tertiary/aromatic N) is 1. The first-order chi connectivity index (χ1) is 8.61. The van der Waals surface area contributed by atoms with Gasteiger partial charge >= 0.3 is 0 Å². The van der Waals surface area contributed by atoms with Gasteiger partial charge in [0.05, 0.1) is 5.02 Å². The third kappa shape index (κ3) is 2.38. The summed E-state index contributed by atoms with van der Waals surface area (Å²) in [6, 6.07) is 8.80. The van der Waals surface area contributed by atoms with Gasteiger partial charge in [-0.3, -0.25) is 9.78 Å². The second kappa shape index (κ2) is 5.23. The number of pyridine rings is 1. The maximum atomic E-state index is 12.7. The molecule has 0 bridgehead atoms. The van der Waals surface area contributed by atoms with Crippen LogP contribution in [0.25, 0.3) is 0 Å². The second-order valence-electron chi connectivity index (χ2n) is 3.55. The van der Waals surface area contributed by atoms with E-state index in [1.54, 1.807) is 12.1 Å². The first-order valence-electron chi connectivity index (χ1n) is 5.13. The van der Waals surface area contributed by atoms with E-state index in [2.05, 4.69) is 4.98 Å². The summed E-state index contributed by atoms with van der Waals surface area (Å²) in [5, 5.41) is -0.219. The molecule has 92 valence electrons. The van der Waals surface area contributed by atoms with Crippen LogP contribution in [0.15, 0.2) is 42.6 Å². The topological polar surface area (TPSA) is 30.0 Å². The van der Waals surface area contributed by atoms with Gasteiger partial charge in [0.2, 0.25) is 5.78 Å². The Balaban J connectivity index is 2.47. The summed E-state index contributed by atoms with van der Waals surface area (Å²) in [6.07, 6.45) is -1.26. The van der Waals surface area contributed by atoms with E-state index in [-0.39, 0.29) is 21.8 Å². The summed E-state index contributed by atoms with van der Waals surface area (Å²) in [6.45, 7) is 0. The predicted molar refractivity (Wildman–Crippen MR) is 64.1 cm³/mol. The van der Waals surface area contributed by atoms with Crippen molar-refractivity contribution in [3.8, 4) is 0 Å². The Labute approximate surface area is 107 Å². The molecule has 5 heteroatoms. The van der Waals surface area contributed by atoms with Gasteiger partial charge in [-0.25, -0.2) is 8.78 Å². The van der Waals surface area contributed by atoms with Crippen LogP contribution in [0.4, 0.5) is 8.78 Å². The summed E-state index contributed by atoms with van der Waals surface area (Å²) >= 11 is 5.82. The largest absolute Gasteiger partial charge is 0.287 e. The maximum absolute atomic E-state index is 12.7. The fraction of sp³-hybridized carbons (Fsp3) is 0.0769. The van der Waals surface area contributed by atoms with Crippen LogP contribution < -0.4 is 0 Å². The van der Waals surface area contributed by atoms with E-state index in [9.17, 15) is 13.6 Å². The number of hydrogen-bond acceptors (Lipinski definition) is 2. The average Bonchev–Trinajstić information content (AvgIpc) is 2.39. The number of carbonyl (C=O) groups is 1. The molecule has 0 N–H and O–H groups in total. The SMILES string of the molecule is O=C(c1ccccn1)c1cccc(C(F)F)c1Cl. The van der Waals surface area contributed by atoms with Crippen molar-refractivity contribution in [2.45, 2.75) is 6.43 Å². The molecule has 18 heavy (non-hydrogen) atoms. The highest BCUT2D eigenvalue weighted by molar-refractivity contribution is 6.35. The molecule has 1 heterocycles. The van der Waals surface area contributed by atoms with Crippen molar-refractivity contribution >= 4 is 17.4 Å². The molecule has 0 fully saturated rings. The van der Waals surface area contributed by atoms with E-state index in [0.717, 1.165) is 0 Å². The van der Waals surface area contributed by atoms with E-state index in [1.165, 1.54) is 30.5 Å². The Morgan fingerprint density at radius 1 is 1.17 bits per heavy atom. The van der Waals surface area contributed by atoms with Gasteiger partial charge in [-0.05, 0) is 18.2 Å². The number of carbonyl (C=O) groups excluding carboxylic acids is 1. The molecule has 0 aliphatic heterocycles. The number of aromatic nitrogens is 1. The molecule has 0 radical (unpaired) electrons. The Bertz CT molecular complexity index is 572. The molecule has 1 aromatic carbocycles. The zero-order valence-corrected chi connectivity index (χ0v) is 9.86. The van der Waals surface area contributed by atoms with Crippen molar-refractivity contribution in [3.05, 3.63) is 64.4 Å². The maximum Gasteiger partial charge on any atom is 0.265 e. The average molecular weight is 268 g/mol. The molecule has 0 saturated carbocycles. The molecular weight excluding hydrogens is 260 g/mol. The molecule has 2 nitrogen and oxygen atoms in total. The molecule has 0 saturated heterocycles. The summed E-state index contributed by atoms with van der Waals surface area (Å²) < 4.78 is 25.3. The monoisotopic (exact) mass is 267 g/mol. The molecular formula is C13H8ClF2NO. The lowest BCUT2D eigenvalue weighted by Crippen LogP contribution is -2.05. The minimum Gasteiger partial charge on any atom is -0.287 e. The summed E-state index contributed by atoms with van der Waals surface area (Å²) in [7, 11) is 0. The van der Waals surface area contributed by atoms with Crippen LogP contribution >= 0.6 is 11.6 Å². The van der Waals surface area contributed by atoms with E-state index in [4.69, 9.17) is 11.6 Å². The van der Waals surface area contributed by atoms with Gasteiger partial charge in [-0.15, -0.1) is 0 Å². The molecule has 0 aliphatic carbocycles. The molecule has 2 rings (SSSR count). The highest BCUT2D eigenvalue weighted by Gasteiger charge is 2.19. The van der Waals surface area contributed by atoms with Gasteiger partial charge in [0, 0.05) is 17.3 Å². The predicted octanol–water partition coefficient (Wildman–Crippen LogP) is 3.90. The molecule has 2 aromatic rings. The molecule has 0 unspecified atom stereocenters. The van der Waals surface area contributed by atoms with Crippen LogP contribution in [0.5, 0.6) is 0 Å². The Morgan fingerprint density at radius 3 is 2.56 bits per heavy atom. The molecule has 0 atom stereocenters. The number of hydrogen-bond donors (Lipinski definition) is 0. The van der Waals surface area contributed by atoms with Crippen molar-refractivity contribution in [1.29, 1.82) is 0 Å². The third-order valence-electron chi connectivity index (χ3n) is 2.41. The first-order valence-corrected chi connectivity index (χ1v) is 5.51. The van der Waals surface area contributed by atoms with Crippen molar-refractivity contribution in [2.75, 3.05) is 0 Å². The quantitative estimate of drug-likeness (QED) is 0.790. The second-order valence-corrected chi connectivity index (χ2v) is 3.93. The highest BCUT2D eigenvalue weighted by Crippen LogP contribution is 2.30. The van der Waals surface area contributed by atoms with Crippen molar-refractivity contribution < 1.29 is 13.6 Å². The summed E-state index contributed by atoms with van der Waals surface area (Å²) in [5.74, 6) is -0.469. The van der Waals surface area contributed by atoms with Crippen molar-refractivity contribution in [3.63, 3.8) is 0 Å². The Morgan fingerprint density at radius 2 is 1.94 bits per heavy atom. The third-order valence-corrected chi connectivity index (χ3v) is 2.83. The van der Waals surface area contributed by atoms with Gasteiger partial charge in [-0.2, -0.15) is 0 Å². The first kappa shape index (κ1) is 12.6. The Kier molecular flexibility index (Phi) is 3.67. The zero-order chi connectivity index (χ0) is 13.1. The van der Waals surface area contributed by atoms with Crippen LogP contribution in [-0.4, -0.2) is 10.8 Å². The van der Waals surface area contributed by atoms with Gasteiger partial charge in [0.15, 0.2) is 0 Å². The number of ketones is 1. The van der Waals surface area contributed by atoms with Gasteiger partial charge in [0.25, 0.3) is 6.43 Å². The number of rotatable bonds is 3. The van der Waals surface area contributed by atoms with Crippen molar-refractivity contribution in [1.82, 2.24) is 4.98 Å². The molecule has 0 amide bonds. The van der Waals surface area contributed by atoms with Crippen LogP contribution in [0.1, 0.15) is 28.0 Å². The normalized spacial score (nSPS) is 10.7. The number of halogens is 3. The van der Waals surface area contributed by atoms with E-state index in [1.807, 2.05) is 0 Å². The fourth-order valence-electron chi connectivity index (χ4n) is 1.53. The lowest BCUT2D eigenvalue weighted by Gasteiger charge is -2.07. The van der Waals surface area contributed by atoms with E-state index in [0.29, 0.717) is 0 Å². The minimum atomic E-state index is -2.71. The van der Waals surface area contributed by atoms with Crippen LogP contribution in [0.2, 0.25) is 5.02 Å². The van der Waals surface area contributed by atoms with Gasteiger partial charge in [0.1, 0.15) is 5.69 Å².